The lowest BCUT2D eigenvalue weighted by Gasteiger charge is -2.32. The maximum absolute atomic E-state index is 13.9. The molecule has 168 valence electrons. The number of likely N-dealkylation sites (tertiary alicyclic amines) is 1. The fraction of sp³-hybridized carbons (Fsp3) is 0.385. The number of hydrogen-bond donors (Lipinski definition) is 0. The molecule has 0 radical (unpaired) electrons. The molecule has 4 rings (SSSR count). The van der Waals surface area contributed by atoms with Crippen LogP contribution in [0.1, 0.15) is 39.2 Å². The summed E-state index contributed by atoms with van der Waals surface area (Å²) in [6.07, 6.45) is 1.92. The molecule has 0 aliphatic carbocycles. The number of halogens is 1. The maximum atomic E-state index is 13.9. The first-order valence-electron chi connectivity index (χ1n) is 11.2. The lowest BCUT2D eigenvalue weighted by molar-refractivity contribution is -0.120. The van der Waals surface area contributed by atoms with E-state index >= 15 is 0 Å². The molecule has 1 saturated heterocycles. The van der Waals surface area contributed by atoms with Gasteiger partial charge in [0.15, 0.2) is 0 Å². The van der Waals surface area contributed by atoms with Gasteiger partial charge in [0, 0.05) is 13.1 Å². The van der Waals surface area contributed by atoms with Gasteiger partial charge in [-0.1, -0.05) is 39.0 Å². The fourth-order valence-electron chi connectivity index (χ4n) is 4.13. The van der Waals surface area contributed by atoms with Gasteiger partial charge in [-0.15, -0.1) is 0 Å². The number of carbonyl (C=O) groups is 2. The zero-order valence-corrected chi connectivity index (χ0v) is 18.8. The summed E-state index contributed by atoms with van der Waals surface area (Å²) in [7, 11) is 0. The molecule has 0 unspecified atom stereocenters. The second-order valence-electron chi connectivity index (χ2n) is 9.05. The standard InChI is InChI=1S/C26H29FN2O3/c1-17(2)16-32-22-9-7-19(8-10-22)23-24(28-13-11-18(3)12-14-28)26(31)29(25(23)30)21-6-4-5-20(27)15-21/h4-10,15,17-18H,11-14,16H2,1-3H3. The molecule has 6 heteroatoms. The number of carbonyl (C=O) groups excluding carboxylic acids is 2. The van der Waals surface area contributed by atoms with Crippen molar-refractivity contribution in [1.82, 2.24) is 4.90 Å². The highest BCUT2D eigenvalue weighted by Gasteiger charge is 2.43. The van der Waals surface area contributed by atoms with E-state index in [-0.39, 0.29) is 5.69 Å². The van der Waals surface area contributed by atoms with Gasteiger partial charge in [-0.3, -0.25) is 9.59 Å². The SMILES string of the molecule is CC(C)COc1ccc(C2=C(N3CCC(C)CC3)C(=O)N(c3cccc(F)c3)C2=O)cc1. The third kappa shape index (κ3) is 4.40. The van der Waals surface area contributed by atoms with Crippen molar-refractivity contribution >= 4 is 23.1 Å². The highest BCUT2D eigenvalue weighted by molar-refractivity contribution is 6.45. The van der Waals surface area contributed by atoms with Crippen molar-refractivity contribution in [3.05, 3.63) is 65.6 Å². The van der Waals surface area contributed by atoms with Gasteiger partial charge >= 0.3 is 0 Å². The van der Waals surface area contributed by atoms with Gasteiger partial charge in [0.25, 0.3) is 11.8 Å². The number of hydrogen-bond acceptors (Lipinski definition) is 4. The molecular weight excluding hydrogens is 407 g/mol. The average molecular weight is 437 g/mol. The van der Waals surface area contributed by atoms with Gasteiger partial charge in [0.1, 0.15) is 17.3 Å². The Labute approximate surface area is 188 Å². The van der Waals surface area contributed by atoms with Crippen molar-refractivity contribution in [3.8, 4) is 5.75 Å². The first-order chi connectivity index (χ1) is 15.3. The summed E-state index contributed by atoms with van der Waals surface area (Å²) in [5, 5.41) is 0. The molecule has 0 aromatic heterocycles. The van der Waals surface area contributed by atoms with Crippen LogP contribution in [0.5, 0.6) is 5.75 Å². The molecule has 2 amide bonds. The van der Waals surface area contributed by atoms with Crippen LogP contribution in [0.3, 0.4) is 0 Å². The molecule has 0 N–H and O–H groups in total. The first-order valence-corrected chi connectivity index (χ1v) is 11.2. The van der Waals surface area contributed by atoms with Crippen LogP contribution in [0.2, 0.25) is 0 Å². The lowest BCUT2D eigenvalue weighted by atomic mass is 9.97. The van der Waals surface area contributed by atoms with E-state index < -0.39 is 17.6 Å². The molecule has 1 fully saturated rings. The van der Waals surface area contributed by atoms with Gasteiger partial charge in [-0.25, -0.2) is 9.29 Å². The summed E-state index contributed by atoms with van der Waals surface area (Å²) in [5.74, 6) is 0.389. The Morgan fingerprint density at radius 2 is 1.72 bits per heavy atom. The van der Waals surface area contributed by atoms with Crippen LogP contribution in [0.4, 0.5) is 10.1 Å². The molecule has 5 nitrogen and oxygen atoms in total. The van der Waals surface area contributed by atoms with Gasteiger partial charge in [0.2, 0.25) is 0 Å². The summed E-state index contributed by atoms with van der Waals surface area (Å²) < 4.78 is 19.6. The summed E-state index contributed by atoms with van der Waals surface area (Å²) in [5.41, 5.74) is 1.67. The molecule has 0 bridgehead atoms. The normalized spacial score (nSPS) is 17.7. The van der Waals surface area contributed by atoms with Crippen molar-refractivity contribution in [1.29, 1.82) is 0 Å². The number of ether oxygens (including phenoxy) is 1. The van der Waals surface area contributed by atoms with Crippen molar-refractivity contribution in [3.63, 3.8) is 0 Å². The molecule has 2 aliphatic heterocycles. The summed E-state index contributed by atoms with van der Waals surface area (Å²) in [6.45, 7) is 8.38. The van der Waals surface area contributed by atoms with E-state index in [1.54, 1.807) is 6.07 Å². The smallest absolute Gasteiger partial charge is 0.282 e. The number of anilines is 1. The Morgan fingerprint density at radius 1 is 1.03 bits per heavy atom. The molecule has 2 aromatic rings. The zero-order chi connectivity index (χ0) is 22.8. The summed E-state index contributed by atoms with van der Waals surface area (Å²) in [4.78, 5) is 30.1. The number of nitrogens with zero attached hydrogens (tertiary/aromatic N) is 2. The zero-order valence-electron chi connectivity index (χ0n) is 18.8. The van der Waals surface area contributed by atoms with E-state index in [1.807, 2.05) is 29.2 Å². The second-order valence-corrected chi connectivity index (χ2v) is 9.05. The van der Waals surface area contributed by atoms with Crippen LogP contribution in [0.15, 0.2) is 54.2 Å². The number of amides is 2. The maximum Gasteiger partial charge on any atom is 0.282 e. The highest BCUT2D eigenvalue weighted by Crippen LogP contribution is 2.37. The van der Waals surface area contributed by atoms with Crippen molar-refractivity contribution in [2.24, 2.45) is 11.8 Å². The Morgan fingerprint density at radius 3 is 2.34 bits per heavy atom. The Hall–Kier alpha value is -3.15. The number of imide groups is 1. The van der Waals surface area contributed by atoms with Crippen LogP contribution in [-0.2, 0) is 9.59 Å². The largest absolute Gasteiger partial charge is 0.493 e. The van der Waals surface area contributed by atoms with E-state index in [0.29, 0.717) is 48.4 Å². The van der Waals surface area contributed by atoms with E-state index in [1.165, 1.54) is 18.2 Å². The second kappa shape index (κ2) is 9.15. The number of benzene rings is 2. The lowest BCUT2D eigenvalue weighted by Crippen LogP contribution is -2.38. The van der Waals surface area contributed by atoms with E-state index in [9.17, 15) is 14.0 Å². The van der Waals surface area contributed by atoms with E-state index in [4.69, 9.17) is 4.74 Å². The monoisotopic (exact) mass is 436 g/mol. The van der Waals surface area contributed by atoms with E-state index in [2.05, 4.69) is 20.8 Å². The Kier molecular flexibility index (Phi) is 6.31. The van der Waals surface area contributed by atoms with Crippen molar-refractivity contribution < 1.29 is 18.7 Å². The van der Waals surface area contributed by atoms with Crippen LogP contribution >= 0.6 is 0 Å². The quantitative estimate of drug-likeness (QED) is 0.606. The molecule has 0 saturated carbocycles. The fourth-order valence-corrected chi connectivity index (χ4v) is 4.13. The highest BCUT2D eigenvalue weighted by atomic mass is 19.1. The molecule has 0 spiro atoms. The average Bonchev–Trinajstić information content (AvgIpc) is 3.03. The third-order valence-corrected chi connectivity index (χ3v) is 5.95. The minimum atomic E-state index is -0.489. The predicted octanol–water partition coefficient (Wildman–Crippen LogP) is 4.88. The minimum Gasteiger partial charge on any atom is -0.493 e. The van der Waals surface area contributed by atoms with Crippen LogP contribution < -0.4 is 9.64 Å². The number of piperidine rings is 1. The van der Waals surface area contributed by atoms with Gasteiger partial charge in [-0.05, 0) is 60.6 Å². The first kappa shape index (κ1) is 22.1. The van der Waals surface area contributed by atoms with Crippen LogP contribution in [0.25, 0.3) is 5.57 Å². The van der Waals surface area contributed by atoms with E-state index in [0.717, 1.165) is 23.5 Å². The summed E-state index contributed by atoms with van der Waals surface area (Å²) in [6, 6.07) is 12.9. The molecule has 2 heterocycles. The Bertz CT molecular complexity index is 1040. The summed E-state index contributed by atoms with van der Waals surface area (Å²) >= 11 is 0. The van der Waals surface area contributed by atoms with Crippen molar-refractivity contribution in [2.45, 2.75) is 33.6 Å². The molecule has 2 aromatic carbocycles. The van der Waals surface area contributed by atoms with Gasteiger partial charge in [0.05, 0.1) is 17.9 Å². The van der Waals surface area contributed by atoms with Gasteiger partial charge in [-0.2, -0.15) is 0 Å². The molecule has 2 aliphatic rings. The molecular formula is C26H29FN2O3. The Balaban J connectivity index is 1.72. The molecule has 0 atom stereocenters. The third-order valence-electron chi connectivity index (χ3n) is 5.95. The molecule has 32 heavy (non-hydrogen) atoms. The van der Waals surface area contributed by atoms with Crippen LogP contribution in [-0.4, -0.2) is 36.4 Å². The topological polar surface area (TPSA) is 49.9 Å². The van der Waals surface area contributed by atoms with Gasteiger partial charge < -0.3 is 9.64 Å². The van der Waals surface area contributed by atoms with Crippen molar-refractivity contribution in [2.75, 3.05) is 24.6 Å². The predicted molar refractivity (Wildman–Crippen MR) is 123 cm³/mol. The minimum absolute atomic E-state index is 0.245. The van der Waals surface area contributed by atoms with Crippen LogP contribution in [0, 0.1) is 17.7 Å². The number of rotatable bonds is 6.